The summed E-state index contributed by atoms with van der Waals surface area (Å²) in [4.78, 5) is 12.7. The summed E-state index contributed by atoms with van der Waals surface area (Å²) in [5.41, 5.74) is 0. The zero-order valence-corrected chi connectivity index (χ0v) is 12.8. The second-order valence-corrected chi connectivity index (χ2v) is 5.97. The number of rotatable bonds is 3. The Hall–Kier alpha value is -1.69. The van der Waals surface area contributed by atoms with Crippen LogP contribution in [0.5, 0.6) is 0 Å². The Morgan fingerprint density at radius 1 is 1.19 bits per heavy atom. The van der Waals surface area contributed by atoms with E-state index >= 15 is 0 Å². The summed E-state index contributed by atoms with van der Waals surface area (Å²) in [6, 6.07) is 2.22. The number of anilines is 1. The van der Waals surface area contributed by atoms with Crippen LogP contribution in [0.3, 0.4) is 0 Å². The molecule has 0 aromatic carbocycles. The van der Waals surface area contributed by atoms with E-state index < -0.39 is 0 Å². The Balaban J connectivity index is 1.76. The van der Waals surface area contributed by atoms with Crippen LogP contribution in [0.4, 0.5) is 5.95 Å². The van der Waals surface area contributed by atoms with Crippen LogP contribution >= 0.6 is 11.6 Å². The number of hydrogen-bond acceptors (Lipinski definition) is 5. The summed E-state index contributed by atoms with van der Waals surface area (Å²) >= 11 is 6.00. The first-order valence-electron chi connectivity index (χ1n) is 7.39. The normalized spacial score (nSPS) is 22.8. The third-order valence-corrected chi connectivity index (χ3v) is 4.07. The maximum Gasteiger partial charge on any atom is 0.256 e. The number of hydrogen-bond donors (Lipinski definition) is 1. The molecule has 2 heterocycles. The van der Waals surface area contributed by atoms with Crippen LogP contribution in [-0.2, 0) is 0 Å². The minimum Gasteiger partial charge on any atom is -0.351 e. The van der Waals surface area contributed by atoms with E-state index in [1.807, 2.05) is 6.07 Å². The molecule has 21 heavy (non-hydrogen) atoms. The molecule has 0 saturated heterocycles. The summed E-state index contributed by atoms with van der Waals surface area (Å²) in [5, 5.41) is 7.70. The summed E-state index contributed by atoms with van der Waals surface area (Å²) < 4.78 is 1.58. The van der Waals surface area contributed by atoms with Crippen molar-refractivity contribution in [3.8, 4) is 5.95 Å². The van der Waals surface area contributed by atoms with Crippen molar-refractivity contribution < 1.29 is 0 Å². The van der Waals surface area contributed by atoms with Crippen molar-refractivity contribution in [3.05, 3.63) is 23.7 Å². The molecular weight excluding hydrogens is 288 g/mol. The van der Waals surface area contributed by atoms with E-state index in [0.717, 1.165) is 18.8 Å². The van der Waals surface area contributed by atoms with E-state index in [1.165, 1.54) is 19.3 Å². The van der Waals surface area contributed by atoms with Gasteiger partial charge in [0.15, 0.2) is 0 Å². The average molecular weight is 307 g/mol. The van der Waals surface area contributed by atoms with Gasteiger partial charge in [0.25, 0.3) is 5.95 Å². The van der Waals surface area contributed by atoms with Gasteiger partial charge >= 0.3 is 0 Å². The maximum atomic E-state index is 6.00. The minimum atomic E-state index is 0.181. The fraction of sp³-hybridized carbons (Fsp3) is 0.571. The molecule has 0 radical (unpaired) electrons. The molecule has 1 aliphatic rings. The largest absolute Gasteiger partial charge is 0.351 e. The van der Waals surface area contributed by atoms with Crippen LogP contribution < -0.4 is 5.32 Å². The zero-order valence-electron chi connectivity index (χ0n) is 12.0. The van der Waals surface area contributed by atoms with Crippen LogP contribution in [0.15, 0.2) is 18.5 Å². The van der Waals surface area contributed by atoms with Crippen molar-refractivity contribution in [1.29, 1.82) is 0 Å². The number of aromatic nitrogens is 5. The van der Waals surface area contributed by atoms with Gasteiger partial charge in [-0.05, 0) is 42.8 Å². The van der Waals surface area contributed by atoms with Gasteiger partial charge < -0.3 is 5.32 Å². The molecule has 0 aliphatic heterocycles. The van der Waals surface area contributed by atoms with Gasteiger partial charge in [0.2, 0.25) is 11.2 Å². The highest BCUT2D eigenvalue weighted by atomic mass is 35.5. The summed E-state index contributed by atoms with van der Waals surface area (Å²) in [6.07, 6.45) is 9.52. The minimum absolute atomic E-state index is 0.181. The lowest BCUT2D eigenvalue weighted by molar-refractivity contribution is 0.501. The molecule has 1 aliphatic carbocycles. The van der Waals surface area contributed by atoms with Gasteiger partial charge in [-0.3, -0.25) is 0 Å². The second kappa shape index (κ2) is 6.39. The fourth-order valence-electron chi connectivity index (χ4n) is 2.71. The molecule has 1 N–H and O–H groups in total. The zero-order chi connectivity index (χ0) is 14.7. The SMILES string of the molecule is CC1CCCC(Nc2nc(Cl)nc(-n3cccn3)n2)CC1. The van der Waals surface area contributed by atoms with Crippen LogP contribution in [0.1, 0.15) is 39.0 Å². The molecular formula is C14H19ClN6. The molecule has 2 unspecified atom stereocenters. The Kier molecular flexibility index (Phi) is 4.34. The molecule has 0 amide bonds. The Morgan fingerprint density at radius 3 is 2.90 bits per heavy atom. The smallest absolute Gasteiger partial charge is 0.256 e. The van der Waals surface area contributed by atoms with E-state index in [0.29, 0.717) is 17.9 Å². The lowest BCUT2D eigenvalue weighted by atomic mass is 10.0. The van der Waals surface area contributed by atoms with Gasteiger partial charge in [-0.1, -0.05) is 19.8 Å². The van der Waals surface area contributed by atoms with Gasteiger partial charge in [0.05, 0.1) is 0 Å². The van der Waals surface area contributed by atoms with Gasteiger partial charge in [-0.15, -0.1) is 0 Å². The van der Waals surface area contributed by atoms with Crippen molar-refractivity contribution >= 4 is 17.5 Å². The monoisotopic (exact) mass is 306 g/mol. The third-order valence-electron chi connectivity index (χ3n) is 3.90. The average Bonchev–Trinajstić information content (AvgIpc) is 2.91. The van der Waals surface area contributed by atoms with Crippen LogP contribution in [0.2, 0.25) is 5.28 Å². The summed E-state index contributed by atoms with van der Waals surface area (Å²) in [7, 11) is 0. The van der Waals surface area contributed by atoms with Crippen molar-refractivity contribution in [2.75, 3.05) is 5.32 Å². The Morgan fingerprint density at radius 2 is 2.10 bits per heavy atom. The molecule has 3 rings (SSSR count). The first kappa shape index (κ1) is 14.3. The highest BCUT2D eigenvalue weighted by molar-refractivity contribution is 6.28. The van der Waals surface area contributed by atoms with Crippen molar-refractivity contribution in [2.24, 2.45) is 5.92 Å². The van der Waals surface area contributed by atoms with E-state index in [9.17, 15) is 0 Å². The summed E-state index contributed by atoms with van der Waals surface area (Å²) in [5.74, 6) is 1.77. The molecule has 7 heteroatoms. The first-order chi connectivity index (χ1) is 10.2. The van der Waals surface area contributed by atoms with Gasteiger partial charge in [0.1, 0.15) is 0 Å². The highest BCUT2D eigenvalue weighted by Gasteiger charge is 2.17. The van der Waals surface area contributed by atoms with Crippen LogP contribution in [-0.4, -0.2) is 30.8 Å². The lowest BCUT2D eigenvalue weighted by Gasteiger charge is -2.16. The second-order valence-electron chi connectivity index (χ2n) is 5.63. The molecule has 0 bridgehead atoms. The van der Waals surface area contributed by atoms with Crippen LogP contribution in [0.25, 0.3) is 5.95 Å². The molecule has 1 saturated carbocycles. The summed E-state index contributed by atoms with van der Waals surface area (Å²) in [6.45, 7) is 2.32. The molecule has 2 aromatic heterocycles. The third kappa shape index (κ3) is 3.69. The lowest BCUT2D eigenvalue weighted by Crippen LogP contribution is -2.21. The number of nitrogens with one attached hydrogen (secondary N) is 1. The molecule has 0 spiro atoms. The van der Waals surface area contributed by atoms with Crippen molar-refractivity contribution in [1.82, 2.24) is 24.7 Å². The van der Waals surface area contributed by atoms with Crippen LogP contribution in [0, 0.1) is 5.92 Å². The van der Waals surface area contributed by atoms with Gasteiger partial charge in [0, 0.05) is 18.4 Å². The van der Waals surface area contributed by atoms with E-state index in [-0.39, 0.29) is 5.28 Å². The maximum absolute atomic E-state index is 6.00. The van der Waals surface area contributed by atoms with Gasteiger partial charge in [-0.25, -0.2) is 4.68 Å². The van der Waals surface area contributed by atoms with Gasteiger partial charge in [-0.2, -0.15) is 20.1 Å². The predicted octanol–water partition coefficient (Wildman–Crippen LogP) is 3.09. The predicted molar refractivity (Wildman–Crippen MR) is 81.6 cm³/mol. The standard InChI is InChI=1S/C14H19ClN6/c1-10-4-2-5-11(7-6-10)17-13-18-12(15)19-14(20-13)21-9-3-8-16-21/h3,8-11H,2,4-7H2,1H3,(H,17,18,19,20). The topological polar surface area (TPSA) is 68.5 Å². The Labute approximate surface area is 129 Å². The number of halogens is 1. The molecule has 112 valence electrons. The number of nitrogens with zero attached hydrogens (tertiary/aromatic N) is 5. The van der Waals surface area contributed by atoms with E-state index in [2.05, 4.69) is 32.3 Å². The molecule has 6 nitrogen and oxygen atoms in total. The van der Waals surface area contributed by atoms with E-state index in [4.69, 9.17) is 11.6 Å². The van der Waals surface area contributed by atoms with Crippen molar-refractivity contribution in [3.63, 3.8) is 0 Å². The molecule has 2 aromatic rings. The van der Waals surface area contributed by atoms with E-state index in [1.54, 1.807) is 17.1 Å². The Bertz CT molecular complexity index is 585. The van der Waals surface area contributed by atoms with Crippen molar-refractivity contribution in [2.45, 2.75) is 45.1 Å². The molecule has 1 fully saturated rings. The quantitative estimate of drug-likeness (QED) is 0.883. The highest BCUT2D eigenvalue weighted by Crippen LogP contribution is 2.24. The first-order valence-corrected chi connectivity index (χ1v) is 7.76. The molecule has 2 atom stereocenters. The fourth-order valence-corrected chi connectivity index (χ4v) is 2.86.